The van der Waals surface area contributed by atoms with Crippen LogP contribution in [0.15, 0.2) is 30.0 Å². The van der Waals surface area contributed by atoms with Gasteiger partial charge in [-0.05, 0) is 37.1 Å². The fourth-order valence-electron chi connectivity index (χ4n) is 3.64. The molecule has 180 valence electrons. The fraction of sp³-hybridized carbons (Fsp3) is 0.348. The Morgan fingerprint density at radius 2 is 2.00 bits per heavy atom. The minimum absolute atomic E-state index is 0.00349. The number of aromatic nitrogens is 1. The number of rotatable bonds is 4. The molecule has 8 nitrogen and oxygen atoms in total. The number of fused-ring (bicyclic) bond motifs is 1. The van der Waals surface area contributed by atoms with Crippen LogP contribution in [0.5, 0.6) is 11.6 Å². The van der Waals surface area contributed by atoms with Crippen molar-refractivity contribution in [3.63, 3.8) is 0 Å². The Bertz CT molecular complexity index is 1110. The van der Waals surface area contributed by atoms with Crippen LogP contribution in [0, 0.1) is 11.6 Å². The average molecular weight is 494 g/mol. The summed E-state index contributed by atoms with van der Waals surface area (Å²) in [6, 6.07) is 3.38. The zero-order valence-electron chi connectivity index (χ0n) is 18.3. The number of piperidine rings is 1. The number of benzene rings is 1. The highest BCUT2D eigenvalue weighted by Crippen LogP contribution is 2.37. The second kappa shape index (κ2) is 10.3. The molecule has 1 fully saturated rings. The summed E-state index contributed by atoms with van der Waals surface area (Å²) in [5.41, 5.74) is 1.10. The molecule has 1 saturated heterocycles. The predicted molar refractivity (Wildman–Crippen MR) is 120 cm³/mol. The second-order valence-electron chi connectivity index (χ2n) is 7.85. The Morgan fingerprint density at radius 3 is 2.68 bits per heavy atom. The van der Waals surface area contributed by atoms with Crippen molar-refractivity contribution in [2.75, 3.05) is 31.6 Å². The summed E-state index contributed by atoms with van der Waals surface area (Å²) < 4.78 is 44.4. The van der Waals surface area contributed by atoms with E-state index in [-0.39, 0.29) is 35.7 Å². The van der Waals surface area contributed by atoms with E-state index < -0.39 is 23.7 Å². The number of carbonyl (C=O) groups excluding carboxylic acids is 2. The van der Waals surface area contributed by atoms with Gasteiger partial charge in [-0.1, -0.05) is 17.2 Å². The summed E-state index contributed by atoms with van der Waals surface area (Å²) in [4.78, 5) is 29.5. The summed E-state index contributed by atoms with van der Waals surface area (Å²) in [6.07, 6.45) is 3.39. The molecule has 0 radical (unpaired) electrons. The van der Waals surface area contributed by atoms with Gasteiger partial charge in [0.15, 0.2) is 6.10 Å². The minimum Gasteiger partial charge on any atom is -0.482 e. The number of hydrogen-bond donors (Lipinski definition) is 1. The average Bonchev–Trinajstić information content (AvgIpc) is 2.80. The monoisotopic (exact) mass is 493 g/mol. The number of nitrogens with one attached hydrogen (secondary N) is 1. The van der Waals surface area contributed by atoms with Crippen LogP contribution in [-0.2, 0) is 9.53 Å². The Morgan fingerprint density at radius 1 is 1.29 bits per heavy atom. The first kappa shape index (κ1) is 23.7. The molecule has 2 amide bonds. The zero-order chi connectivity index (χ0) is 24.2. The van der Waals surface area contributed by atoms with Gasteiger partial charge < -0.3 is 24.4 Å². The summed E-state index contributed by atoms with van der Waals surface area (Å²) in [7, 11) is 0. The zero-order valence-corrected chi connectivity index (χ0v) is 19.0. The van der Waals surface area contributed by atoms with Crippen LogP contribution in [0.4, 0.5) is 19.3 Å². The van der Waals surface area contributed by atoms with Gasteiger partial charge in [0.05, 0.1) is 5.69 Å². The lowest BCUT2D eigenvalue weighted by Gasteiger charge is -2.30. The maximum Gasteiger partial charge on any atom is 0.321 e. The van der Waals surface area contributed by atoms with Crippen LogP contribution < -0.4 is 14.8 Å². The molecule has 2 aliphatic rings. The van der Waals surface area contributed by atoms with E-state index in [1.165, 1.54) is 19.2 Å². The van der Waals surface area contributed by atoms with Crippen LogP contribution in [0.25, 0.3) is 6.08 Å². The maximum atomic E-state index is 14.1. The van der Waals surface area contributed by atoms with E-state index in [1.54, 1.807) is 11.0 Å². The number of ether oxygens (including phenoxy) is 3. The molecule has 1 aromatic carbocycles. The van der Waals surface area contributed by atoms with Crippen LogP contribution in [0.3, 0.4) is 0 Å². The van der Waals surface area contributed by atoms with Crippen molar-refractivity contribution >= 4 is 35.4 Å². The van der Waals surface area contributed by atoms with Crippen molar-refractivity contribution in [3.8, 4) is 11.6 Å². The van der Waals surface area contributed by atoms with Crippen molar-refractivity contribution in [1.82, 2.24) is 9.88 Å². The molecule has 11 heteroatoms. The number of carbonyl (C=O) groups is 2. The summed E-state index contributed by atoms with van der Waals surface area (Å²) in [5, 5.41) is 2.79. The lowest BCUT2D eigenvalue weighted by Crippen LogP contribution is -2.39. The topological polar surface area (TPSA) is 90.0 Å². The van der Waals surface area contributed by atoms with E-state index in [9.17, 15) is 18.4 Å². The van der Waals surface area contributed by atoms with E-state index in [0.29, 0.717) is 37.4 Å². The number of urea groups is 1. The Balaban J connectivity index is 1.36. The third kappa shape index (κ3) is 5.56. The molecule has 3 heterocycles. The van der Waals surface area contributed by atoms with Gasteiger partial charge in [0.2, 0.25) is 5.75 Å². The number of likely N-dealkylation sites (tertiary alicyclic amines) is 1. The molecule has 34 heavy (non-hydrogen) atoms. The van der Waals surface area contributed by atoms with Gasteiger partial charge in [-0.3, -0.25) is 4.79 Å². The molecule has 1 N–H and O–H groups in total. The number of anilines is 1. The highest BCUT2D eigenvalue weighted by atomic mass is 35.5. The molecule has 4 rings (SSSR count). The van der Waals surface area contributed by atoms with Gasteiger partial charge in [-0.25, -0.2) is 18.6 Å². The molecule has 0 spiro atoms. The molecule has 1 aromatic heterocycles. The molecule has 0 aliphatic carbocycles. The highest BCUT2D eigenvalue weighted by molar-refractivity contribution is 6.30. The van der Waals surface area contributed by atoms with Crippen molar-refractivity contribution in [2.24, 2.45) is 0 Å². The Kier molecular flexibility index (Phi) is 7.16. The number of halogens is 3. The maximum absolute atomic E-state index is 14.1. The number of pyridine rings is 1. The van der Waals surface area contributed by atoms with Gasteiger partial charge in [0.1, 0.15) is 24.8 Å². The normalized spacial score (nSPS) is 17.2. The van der Waals surface area contributed by atoms with Gasteiger partial charge in [0, 0.05) is 36.8 Å². The van der Waals surface area contributed by atoms with E-state index in [0.717, 1.165) is 17.7 Å². The van der Waals surface area contributed by atoms with Crippen LogP contribution in [0.2, 0.25) is 5.02 Å². The first-order chi connectivity index (χ1) is 16.3. The number of amides is 2. The SMILES string of the molecule is CC(=O)OCC1COc2c(NC(=O)N3CCC(=Cc4c(F)cc(Cl)cc4F)CC3)ccnc2O1. The van der Waals surface area contributed by atoms with Crippen molar-refractivity contribution in [2.45, 2.75) is 25.9 Å². The van der Waals surface area contributed by atoms with E-state index in [1.807, 2.05) is 0 Å². The van der Waals surface area contributed by atoms with Gasteiger partial charge in [0.25, 0.3) is 5.88 Å². The second-order valence-corrected chi connectivity index (χ2v) is 8.29. The molecule has 1 unspecified atom stereocenters. The molecule has 1 atom stereocenters. The van der Waals surface area contributed by atoms with Gasteiger partial charge in [-0.15, -0.1) is 0 Å². The minimum atomic E-state index is -0.725. The van der Waals surface area contributed by atoms with Crippen LogP contribution in [-0.4, -0.2) is 54.3 Å². The number of hydrogen-bond acceptors (Lipinski definition) is 6. The Hall–Kier alpha value is -3.40. The van der Waals surface area contributed by atoms with Crippen LogP contribution >= 0.6 is 11.6 Å². The summed E-state index contributed by atoms with van der Waals surface area (Å²) in [5.74, 6) is -1.39. The highest BCUT2D eigenvalue weighted by Gasteiger charge is 2.27. The van der Waals surface area contributed by atoms with Crippen LogP contribution in [0.1, 0.15) is 25.3 Å². The lowest BCUT2D eigenvalue weighted by atomic mass is 10.0. The smallest absolute Gasteiger partial charge is 0.321 e. The first-order valence-electron chi connectivity index (χ1n) is 10.6. The predicted octanol–water partition coefficient (Wildman–Crippen LogP) is 4.43. The summed E-state index contributed by atoms with van der Waals surface area (Å²) >= 11 is 5.67. The molecular formula is C23H22ClF2N3O5. The Labute approximate surface area is 199 Å². The molecule has 0 bridgehead atoms. The molecule has 2 aromatic rings. The van der Waals surface area contributed by atoms with E-state index in [4.69, 9.17) is 25.8 Å². The van der Waals surface area contributed by atoms with Gasteiger partial charge in [-0.2, -0.15) is 0 Å². The van der Waals surface area contributed by atoms with Crippen molar-refractivity contribution < 1.29 is 32.6 Å². The van der Waals surface area contributed by atoms with Crippen molar-refractivity contribution in [3.05, 3.63) is 52.2 Å². The van der Waals surface area contributed by atoms with Gasteiger partial charge >= 0.3 is 12.0 Å². The third-order valence-corrected chi connectivity index (χ3v) is 5.58. The molecule has 0 saturated carbocycles. The van der Waals surface area contributed by atoms with E-state index in [2.05, 4.69) is 10.3 Å². The molecule has 2 aliphatic heterocycles. The third-order valence-electron chi connectivity index (χ3n) is 5.36. The first-order valence-corrected chi connectivity index (χ1v) is 11.0. The number of nitrogens with zero attached hydrogens (tertiary/aromatic N) is 2. The lowest BCUT2D eigenvalue weighted by molar-refractivity contribution is -0.144. The van der Waals surface area contributed by atoms with E-state index >= 15 is 0 Å². The number of esters is 1. The fourth-order valence-corrected chi connectivity index (χ4v) is 3.83. The standard InChI is InChI=1S/C23H22ClF2N3O5/c1-13(30)32-11-16-12-33-21-20(2-5-27-22(21)34-16)28-23(31)29-6-3-14(4-7-29)8-17-18(25)9-15(24)10-19(17)26/h2,5,8-10,16H,3-4,6-7,11-12H2,1H3,(H,27,28,31). The summed E-state index contributed by atoms with van der Waals surface area (Å²) in [6.45, 7) is 2.22. The van der Waals surface area contributed by atoms with Crippen molar-refractivity contribution in [1.29, 1.82) is 0 Å². The largest absolute Gasteiger partial charge is 0.482 e. The quantitative estimate of drug-likeness (QED) is 0.634. The molecular weight excluding hydrogens is 472 g/mol.